The van der Waals surface area contributed by atoms with Crippen molar-refractivity contribution in [3.8, 4) is 11.1 Å². The van der Waals surface area contributed by atoms with E-state index in [1.54, 1.807) is 0 Å². The fourth-order valence-corrected chi connectivity index (χ4v) is 4.32. The molecule has 2 atom stereocenters. The van der Waals surface area contributed by atoms with Crippen molar-refractivity contribution in [3.05, 3.63) is 96.3 Å². The quantitative estimate of drug-likeness (QED) is 0.395. The predicted octanol–water partition coefficient (Wildman–Crippen LogP) is 6.34. The Bertz CT molecular complexity index is 1060. The van der Waals surface area contributed by atoms with Gasteiger partial charge in [0.1, 0.15) is 5.58 Å². The first-order valence-corrected chi connectivity index (χ1v) is 10.1. The number of nitrogens with zero attached hydrogens (tertiary/aromatic N) is 1. The molecule has 0 spiro atoms. The van der Waals surface area contributed by atoms with E-state index >= 15 is 0 Å². The first-order chi connectivity index (χ1) is 13.8. The normalized spacial score (nSPS) is 18.6. The fourth-order valence-electron chi connectivity index (χ4n) is 4.32. The molecule has 0 amide bonds. The monoisotopic (exact) mass is 367 g/mol. The van der Waals surface area contributed by atoms with Crippen LogP contribution in [0.15, 0.2) is 89.5 Å². The van der Waals surface area contributed by atoms with Crippen LogP contribution in [0.5, 0.6) is 0 Å². The lowest BCUT2D eigenvalue weighted by atomic mass is 10.0. The van der Waals surface area contributed by atoms with E-state index in [-0.39, 0.29) is 0 Å². The minimum Gasteiger partial charge on any atom is -0.464 e. The Morgan fingerprint density at radius 2 is 1.57 bits per heavy atom. The number of hydrogen-bond donors (Lipinski definition) is 0. The van der Waals surface area contributed by atoms with Gasteiger partial charge in [0.15, 0.2) is 0 Å². The molecule has 28 heavy (non-hydrogen) atoms. The molecule has 0 saturated heterocycles. The highest BCUT2D eigenvalue weighted by molar-refractivity contribution is 5.80. The molecule has 0 aliphatic heterocycles. The van der Waals surface area contributed by atoms with Crippen LogP contribution in [0.4, 0.5) is 0 Å². The van der Waals surface area contributed by atoms with E-state index in [0.717, 1.165) is 24.6 Å². The van der Waals surface area contributed by atoms with Gasteiger partial charge >= 0.3 is 0 Å². The second kappa shape index (κ2) is 7.29. The van der Waals surface area contributed by atoms with Crippen molar-refractivity contribution < 1.29 is 4.42 Å². The Morgan fingerprint density at radius 3 is 2.39 bits per heavy atom. The molecule has 1 aliphatic rings. The zero-order chi connectivity index (χ0) is 18.9. The summed E-state index contributed by atoms with van der Waals surface area (Å²) < 4.78 is 5.68. The van der Waals surface area contributed by atoms with Crippen molar-refractivity contribution in [2.75, 3.05) is 13.6 Å². The summed E-state index contributed by atoms with van der Waals surface area (Å²) in [5.41, 5.74) is 6.32. The highest BCUT2D eigenvalue weighted by Crippen LogP contribution is 2.48. The fraction of sp³-hybridized carbons (Fsp3) is 0.231. The Hall–Kier alpha value is -2.84. The minimum absolute atomic E-state index is 0.702. The molecule has 1 aliphatic carbocycles. The molecule has 2 nitrogen and oxygen atoms in total. The van der Waals surface area contributed by atoms with Crippen LogP contribution < -0.4 is 0 Å². The molecule has 1 aromatic heterocycles. The molecule has 140 valence electrons. The molecule has 4 aromatic rings. The molecule has 0 unspecified atom stereocenters. The van der Waals surface area contributed by atoms with Crippen molar-refractivity contribution in [1.82, 2.24) is 4.90 Å². The van der Waals surface area contributed by atoms with Crippen molar-refractivity contribution in [3.63, 3.8) is 0 Å². The number of fused-ring (bicyclic) bond motifs is 1. The maximum absolute atomic E-state index is 5.68. The number of rotatable bonds is 6. The molecular formula is C26H25NO. The van der Waals surface area contributed by atoms with Gasteiger partial charge in [-0.3, -0.25) is 0 Å². The Labute approximate surface area is 166 Å². The van der Waals surface area contributed by atoms with Gasteiger partial charge in [-0.1, -0.05) is 72.8 Å². The van der Waals surface area contributed by atoms with E-state index in [9.17, 15) is 0 Å². The summed E-state index contributed by atoms with van der Waals surface area (Å²) in [6.07, 6.45) is 3.20. The van der Waals surface area contributed by atoms with E-state index < -0.39 is 0 Å². The molecule has 1 heterocycles. The third-order valence-corrected chi connectivity index (χ3v) is 5.92. The molecule has 0 bridgehead atoms. The van der Waals surface area contributed by atoms with E-state index in [2.05, 4.69) is 78.7 Å². The van der Waals surface area contributed by atoms with Crippen molar-refractivity contribution in [1.29, 1.82) is 0 Å². The number of furan rings is 1. The van der Waals surface area contributed by atoms with Crippen molar-refractivity contribution in [2.24, 2.45) is 5.92 Å². The van der Waals surface area contributed by atoms with Crippen LogP contribution in [0.25, 0.3) is 22.1 Å². The van der Waals surface area contributed by atoms with Gasteiger partial charge in [-0.15, -0.1) is 0 Å². The molecule has 2 heteroatoms. The topological polar surface area (TPSA) is 16.4 Å². The molecule has 3 aromatic carbocycles. The summed E-state index contributed by atoms with van der Waals surface area (Å²) in [6.45, 7) is 2.07. The van der Waals surface area contributed by atoms with Gasteiger partial charge in [-0.2, -0.15) is 0 Å². The van der Waals surface area contributed by atoms with Crippen LogP contribution >= 0.6 is 0 Å². The Morgan fingerprint density at radius 1 is 0.857 bits per heavy atom. The largest absolute Gasteiger partial charge is 0.464 e. The lowest BCUT2D eigenvalue weighted by Gasteiger charge is -2.16. The summed E-state index contributed by atoms with van der Waals surface area (Å²) in [6, 6.07) is 28.1. The van der Waals surface area contributed by atoms with Gasteiger partial charge in [0.25, 0.3) is 0 Å². The second-order valence-electron chi connectivity index (χ2n) is 8.04. The summed E-state index contributed by atoms with van der Waals surface area (Å²) in [7, 11) is 2.22. The van der Waals surface area contributed by atoms with E-state index in [1.807, 2.05) is 18.4 Å². The zero-order valence-corrected chi connectivity index (χ0v) is 16.2. The maximum atomic E-state index is 5.68. The first-order valence-electron chi connectivity index (χ1n) is 10.1. The molecule has 0 N–H and O–H groups in total. The number of para-hydroxylation sites is 1. The van der Waals surface area contributed by atoms with Crippen molar-refractivity contribution >= 4 is 11.0 Å². The number of benzene rings is 3. The van der Waals surface area contributed by atoms with Crippen LogP contribution in [-0.2, 0) is 6.54 Å². The van der Waals surface area contributed by atoms with E-state index in [1.165, 1.54) is 34.1 Å². The SMILES string of the molecule is CN(Cc1coc2ccccc12)C[C@@H]1C[C@H]1c1ccc(-c2ccccc2)cc1. The standard InChI is InChI=1S/C26H25NO/c1-27(17-23-18-28-26-10-6-5-9-24(23)26)16-22-15-25(22)21-13-11-20(12-14-21)19-7-3-2-4-8-19/h2-14,18,22,25H,15-17H2,1H3/t22-,25-/m0/s1. The molecule has 1 saturated carbocycles. The average Bonchev–Trinajstić information content (AvgIpc) is 3.39. The van der Waals surface area contributed by atoms with E-state index in [4.69, 9.17) is 4.42 Å². The third-order valence-electron chi connectivity index (χ3n) is 5.92. The van der Waals surface area contributed by atoms with E-state index in [0.29, 0.717) is 5.92 Å². The van der Waals surface area contributed by atoms with Crippen molar-refractivity contribution in [2.45, 2.75) is 18.9 Å². The van der Waals surface area contributed by atoms with Gasteiger partial charge in [0, 0.05) is 24.0 Å². The molecule has 0 radical (unpaired) electrons. The highest BCUT2D eigenvalue weighted by atomic mass is 16.3. The zero-order valence-electron chi connectivity index (χ0n) is 16.2. The smallest absolute Gasteiger partial charge is 0.134 e. The molecule has 5 rings (SSSR count). The van der Waals surface area contributed by atoms with Gasteiger partial charge in [-0.25, -0.2) is 0 Å². The Balaban J connectivity index is 1.20. The molecular weight excluding hydrogens is 342 g/mol. The van der Waals surface area contributed by atoms with Gasteiger partial charge in [-0.05, 0) is 48.1 Å². The third kappa shape index (κ3) is 3.48. The number of hydrogen-bond acceptors (Lipinski definition) is 2. The summed E-state index contributed by atoms with van der Waals surface area (Å²) in [5, 5.41) is 1.23. The lowest BCUT2D eigenvalue weighted by molar-refractivity contribution is 0.310. The van der Waals surface area contributed by atoms with Gasteiger partial charge < -0.3 is 9.32 Å². The van der Waals surface area contributed by atoms with Crippen LogP contribution in [0, 0.1) is 5.92 Å². The first kappa shape index (κ1) is 17.3. The Kier molecular flexibility index (Phi) is 4.50. The predicted molar refractivity (Wildman–Crippen MR) is 115 cm³/mol. The maximum Gasteiger partial charge on any atom is 0.134 e. The lowest BCUT2D eigenvalue weighted by Crippen LogP contribution is -2.20. The van der Waals surface area contributed by atoms with Crippen LogP contribution in [0.1, 0.15) is 23.5 Å². The molecule has 1 fully saturated rings. The summed E-state index contributed by atoms with van der Waals surface area (Å²) >= 11 is 0. The van der Waals surface area contributed by atoms with Crippen LogP contribution in [0.3, 0.4) is 0 Å². The average molecular weight is 367 g/mol. The highest BCUT2D eigenvalue weighted by Gasteiger charge is 2.38. The van der Waals surface area contributed by atoms with Crippen LogP contribution in [-0.4, -0.2) is 18.5 Å². The second-order valence-corrected chi connectivity index (χ2v) is 8.04. The van der Waals surface area contributed by atoms with Gasteiger partial charge in [0.05, 0.1) is 6.26 Å². The minimum atomic E-state index is 0.702. The summed E-state index contributed by atoms with van der Waals surface area (Å²) in [5.74, 6) is 1.46. The van der Waals surface area contributed by atoms with Crippen LogP contribution in [0.2, 0.25) is 0 Å². The summed E-state index contributed by atoms with van der Waals surface area (Å²) in [4.78, 5) is 2.43. The van der Waals surface area contributed by atoms with Gasteiger partial charge in [0.2, 0.25) is 0 Å².